The van der Waals surface area contributed by atoms with Crippen molar-refractivity contribution in [2.45, 2.75) is 13.8 Å². The van der Waals surface area contributed by atoms with E-state index in [1.165, 1.54) is 18.2 Å². The Bertz CT molecular complexity index is 445. The van der Waals surface area contributed by atoms with Gasteiger partial charge in [0.1, 0.15) is 11.5 Å². The minimum Gasteiger partial charge on any atom is -0.508 e. The molecule has 20 heavy (non-hydrogen) atoms. The molecule has 0 radical (unpaired) electrons. The van der Waals surface area contributed by atoms with Crippen molar-refractivity contribution in [1.82, 2.24) is 4.90 Å². The smallest absolute Gasteiger partial charge is 0.180 e. The van der Waals surface area contributed by atoms with Gasteiger partial charge in [0.25, 0.3) is 0 Å². The summed E-state index contributed by atoms with van der Waals surface area (Å²) in [5.74, 6) is 0.0241. The monoisotopic (exact) mass is 281 g/mol. The topological polar surface area (TPSA) is 70.0 Å². The lowest BCUT2D eigenvalue weighted by Gasteiger charge is -2.23. The van der Waals surface area contributed by atoms with E-state index >= 15 is 0 Å². The summed E-state index contributed by atoms with van der Waals surface area (Å²) < 4.78 is 5.05. The number of benzene rings is 1. The van der Waals surface area contributed by atoms with Crippen molar-refractivity contribution >= 4 is 5.78 Å². The van der Waals surface area contributed by atoms with Gasteiger partial charge in [0.2, 0.25) is 0 Å². The lowest BCUT2D eigenvalue weighted by molar-refractivity contribution is 0.0879. The van der Waals surface area contributed by atoms with Gasteiger partial charge in [0, 0.05) is 26.3 Å². The molecule has 0 saturated carbocycles. The van der Waals surface area contributed by atoms with Crippen molar-refractivity contribution in [3.8, 4) is 11.5 Å². The SMILES string of the molecule is COCCN(CC(=O)c1ccc(O)cc1O)CC(C)C. The van der Waals surface area contributed by atoms with E-state index < -0.39 is 0 Å². The number of phenols is 2. The molecular weight excluding hydrogens is 258 g/mol. The number of nitrogens with zero attached hydrogens (tertiary/aromatic N) is 1. The Morgan fingerprint density at radius 3 is 2.60 bits per heavy atom. The first-order valence-electron chi connectivity index (χ1n) is 6.70. The molecule has 1 aromatic carbocycles. The number of ether oxygens (including phenoxy) is 1. The maximum Gasteiger partial charge on any atom is 0.180 e. The summed E-state index contributed by atoms with van der Waals surface area (Å²) in [4.78, 5) is 14.2. The first kappa shape index (κ1) is 16.5. The van der Waals surface area contributed by atoms with Gasteiger partial charge in [-0.05, 0) is 18.1 Å². The first-order chi connectivity index (χ1) is 9.43. The molecule has 5 heteroatoms. The van der Waals surface area contributed by atoms with E-state index in [0.29, 0.717) is 19.1 Å². The van der Waals surface area contributed by atoms with E-state index in [0.717, 1.165) is 6.54 Å². The standard InChI is InChI=1S/C15H23NO4/c1-11(2)9-16(6-7-20-3)10-15(19)13-5-4-12(17)8-14(13)18/h4-5,8,11,17-18H,6-7,9-10H2,1-3H3. The zero-order chi connectivity index (χ0) is 15.1. The van der Waals surface area contributed by atoms with Gasteiger partial charge in [-0.15, -0.1) is 0 Å². The van der Waals surface area contributed by atoms with Gasteiger partial charge < -0.3 is 14.9 Å². The Kier molecular flexibility index (Phi) is 6.48. The number of carbonyl (C=O) groups excluding carboxylic acids is 1. The lowest BCUT2D eigenvalue weighted by Crippen LogP contribution is -2.35. The Hall–Kier alpha value is -1.59. The van der Waals surface area contributed by atoms with Gasteiger partial charge in [0.05, 0.1) is 18.7 Å². The molecule has 0 saturated heterocycles. The number of rotatable bonds is 8. The highest BCUT2D eigenvalue weighted by Gasteiger charge is 2.16. The van der Waals surface area contributed by atoms with Crippen LogP contribution in [0.25, 0.3) is 0 Å². The van der Waals surface area contributed by atoms with Crippen LogP contribution in [0.15, 0.2) is 18.2 Å². The van der Waals surface area contributed by atoms with Gasteiger partial charge in [-0.3, -0.25) is 9.69 Å². The molecule has 0 bridgehead atoms. The summed E-state index contributed by atoms with van der Waals surface area (Å²) in [7, 11) is 1.63. The van der Waals surface area contributed by atoms with Crippen LogP contribution in [-0.4, -0.2) is 54.2 Å². The van der Waals surface area contributed by atoms with Gasteiger partial charge in [0.15, 0.2) is 5.78 Å². The second kappa shape index (κ2) is 7.87. The van der Waals surface area contributed by atoms with Gasteiger partial charge >= 0.3 is 0 Å². The summed E-state index contributed by atoms with van der Waals surface area (Å²) in [5.41, 5.74) is 0.231. The molecular formula is C15H23NO4. The van der Waals surface area contributed by atoms with E-state index in [4.69, 9.17) is 4.74 Å². The maximum atomic E-state index is 12.2. The van der Waals surface area contributed by atoms with Gasteiger partial charge in [-0.2, -0.15) is 0 Å². The molecule has 0 aliphatic carbocycles. The second-order valence-electron chi connectivity index (χ2n) is 5.25. The summed E-state index contributed by atoms with van der Waals surface area (Å²) in [6.07, 6.45) is 0. The Morgan fingerprint density at radius 2 is 2.05 bits per heavy atom. The fraction of sp³-hybridized carbons (Fsp3) is 0.533. The zero-order valence-electron chi connectivity index (χ0n) is 12.3. The Labute approximate surface area is 119 Å². The third kappa shape index (κ3) is 5.19. The number of phenolic OH excluding ortho intramolecular Hbond substituents is 2. The molecule has 0 spiro atoms. The van der Waals surface area contributed by atoms with Crippen molar-refractivity contribution in [3.63, 3.8) is 0 Å². The van der Waals surface area contributed by atoms with Crippen molar-refractivity contribution in [2.24, 2.45) is 5.92 Å². The second-order valence-corrected chi connectivity index (χ2v) is 5.25. The molecule has 0 fully saturated rings. The third-order valence-corrected chi connectivity index (χ3v) is 2.88. The van der Waals surface area contributed by atoms with E-state index in [1.807, 2.05) is 4.90 Å². The molecule has 0 atom stereocenters. The zero-order valence-corrected chi connectivity index (χ0v) is 12.3. The minimum absolute atomic E-state index is 0.0579. The summed E-state index contributed by atoms with van der Waals surface area (Å²) in [6, 6.07) is 4.01. The van der Waals surface area contributed by atoms with Crippen molar-refractivity contribution in [3.05, 3.63) is 23.8 Å². The molecule has 112 valence electrons. The van der Waals surface area contributed by atoms with Crippen LogP contribution >= 0.6 is 0 Å². The third-order valence-electron chi connectivity index (χ3n) is 2.88. The van der Waals surface area contributed by atoms with Crippen LogP contribution in [0.3, 0.4) is 0 Å². The van der Waals surface area contributed by atoms with E-state index in [-0.39, 0.29) is 29.4 Å². The predicted octanol–water partition coefficient (Wildman–Crippen LogP) is 1.88. The van der Waals surface area contributed by atoms with Gasteiger partial charge in [-0.1, -0.05) is 13.8 Å². The highest BCUT2D eigenvalue weighted by atomic mass is 16.5. The normalized spacial score (nSPS) is 11.2. The molecule has 0 aromatic heterocycles. The number of aromatic hydroxyl groups is 2. The lowest BCUT2D eigenvalue weighted by atomic mass is 10.1. The van der Waals surface area contributed by atoms with E-state index in [9.17, 15) is 15.0 Å². The number of carbonyl (C=O) groups is 1. The van der Waals surface area contributed by atoms with Crippen molar-refractivity contribution in [2.75, 3.05) is 33.4 Å². The molecule has 0 amide bonds. The average molecular weight is 281 g/mol. The number of Topliss-reactive ketones (excluding diaryl/α,β-unsaturated/α-hetero) is 1. The van der Waals surface area contributed by atoms with Crippen LogP contribution in [0.5, 0.6) is 11.5 Å². The summed E-state index contributed by atoms with van der Waals surface area (Å²) in [5, 5.41) is 18.9. The van der Waals surface area contributed by atoms with Crippen molar-refractivity contribution in [1.29, 1.82) is 0 Å². The number of hydrogen-bond acceptors (Lipinski definition) is 5. The highest BCUT2D eigenvalue weighted by molar-refractivity contribution is 6.00. The molecule has 1 aromatic rings. The van der Waals surface area contributed by atoms with Crippen LogP contribution in [-0.2, 0) is 4.74 Å². The molecule has 5 nitrogen and oxygen atoms in total. The highest BCUT2D eigenvalue weighted by Crippen LogP contribution is 2.23. The van der Waals surface area contributed by atoms with Crippen molar-refractivity contribution < 1.29 is 19.7 Å². The average Bonchev–Trinajstić information content (AvgIpc) is 2.35. The largest absolute Gasteiger partial charge is 0.508 e. The minimum atomic E-state index is -0.189. The molecule has 0 unspecified atom stereocenters. The molecule has 0 aliphatic rings. The molecule has 0 heterocycles. The van der Waals surface area contributed by atoms with Crippen LogP contribution in [0.1, 0.15) is 24.2 Å². The number of hydrogen-bond donors (Lipinski definition) is 2. The number of methoxy groups -OCH3 is 1. The summed E-state index contributed by atoms with van der Waals surface area (Å²) >= 11 is 0. The fourth-order valence-corrected chi connectivity index (χ4v) is 2.02. The fourth-order valence-electron chi connectivity index (χ4n) is 2.02. The number of ketones is 1. The Morgan fingerprint density at radius 1 is 1.35 bits per heavy atom. The van der Waals surface area contributed by atoms with E-state index in [2.05, 4.69) is 13.8 Å². The summed E-state index contributed by atoms with van der Waals surface area (Å²) in [6.45, 7) is 6.40. The Balaban J connectivity index is 2.73. The van der Waals surface area contributed by atoms with Crippen LogP contribution in [0.4, 0.5) is 0 Å². The van der Waals surface area contributed by atoms with E-state index in [1.54, 1.807) is 7.11 Å². The van der Waals surface area contributed by atoms with Gasteiger partial charge in [-0.25, -0.2) is 0 Å². The molecule has 1 rings (SSSR count). The van der Waals surface area contributed by atoms with Crippen LogP contribution < -0.4 is 0 Å². The molecule has 0 aliphatic heterocycles. The predicted molar refractivity (Wildman–Crippen MR) is 77.3 cm³/mol. The van der Waals surface area contributed by atoms with Crippen LogP contribution in [0.2, 0.25) is 0 Å². The van der Waals surface area contributed by atoms with Crippen LogP contribution in [0, 0.1) is 5.92 Å². The maximum absolute atomic E-state index is 12.2. The first-order valence-corrected chi connectivity index (χ1v) is 6.70. The molecule has 2 N–H and O–H groups in total. The quantitative estimate of drug-likeness (QED) is 0.712.